The van der Waals surface area contributed by atoms with E-state index in [9.17, 15) is 9.90 Å². The smallest absolute Gasteiger partial charge is 0.339 e. The van der Waals surface area contributed by atoms with E-state index in [1.165, 1.54) is 18.6 Å². The van der Waals surface area contributed by atoms with Crippen LogP contribution in [-0.4, -0.2) is 50.3 Å². The van der Waals surface area contributed by atoms with Gasteiger partial charge in [0.25, 0.3) is 0 Å². The highest BCUT2D eigenvalue weighted by atomic mass is 16.4. The van der Waals surface area contributed by atoms with Crippen LogP contribution in [0.4, 0.5) is 0 Å². The summed E-state index contributed by atoms with van der Waals surface area (Å²) < 4.78 is 0. The van der Waals surface area contributed by atoms with Crippen LogP contribution in [-0.2, 0) is 0 Å². The lowest BCUT2D eigenvalue weighted by Crippen LogP contribution is -2.54. The van der Waals surface area contributed by atoms with Gasteiger partial charge in [-0.3, -0.25) is 9.88 Å². The molecule has 6 nitrogen and oxygen atoms in total. The molecular formula is C26H28N2O4. The largest absolute Gasteiger partial charge is 0.507 e. The summed E-state index contributed by atoms with van der Waals surface area (Å²) in [6.07, 6.45) is 5.76. The number of pyridine rings is 1. The third kappa shape index (κ3) is 4.38. The van der Waals surface area contributed by atoms with E-state index in [-0.39, 0.29) is 17.4 Å². The van der Waals surface area contributed by atoms with E-state index in [0.717, 1.165) is 36.0 Å². The Kier molecular flexibility index (Phi) is 6.53. The summed E-state index contributed by atoms with van der Waals surface area (Å²) >= 11 is 0. The number of aromatic carboxylic acids is 1. The van der Waals surface area contributed by atoms with Crippen LogP contribution in [0, 0.1) is 11.8 Å². The van der Waals surface area contributed by atoms with Gasteiger partial charge in [0.1, 0.15) is 11.3 Å². The number of nitrogens with zero attached hydrogens (tertiary/aromatic N) is 2. The van der Waals surface area contributed by atoms with Gasteiger partial charge in [-0.25, -0.2) is 4.79 Å². The van der Waals surface area contributed by atoms with Crippen molar-refractivity contribution in [3.05, 3.63) is 84.6 Å². The number of para-hydroxylation sites is 2. The number of aromatic nitrogens is 1. The molecule has 2 aromatic carbocycles. The lowest BCUT2D eigenvalue weighted by atomic mass is 9.73. The first kappa shape index (κ1) is 22.0. The van der Waals surface area contributed by atoms with Crippen LogP contribution in [0.3, 0.4) is 0 Å². The summed E-state index contributed by atoms with van der Waals surface area (Å²) in [6.45, 7) is 6.11. The fourth-order valence-electron chi connectivity index (χ4n) is 4.94. The Balaban J connectivity index is 0.000000207. The summed E-state index contributed by atoms with van der Waals surface area (Å²) in [7, 11) is 0. The standard InChI is InChI=1S/C19H22N2O.C7H6O3/c1-2-13-12-21-10-8-14(13)11-18(21)19(22)16-7-9-20-17-6-4-3-5-15(16)17;8-6-4-2-1-3-5(6)7(9)10/h2-7,9,13-14,18-19,22H,1,8,10-12H2;1-4,8H,(H,9,10)/t13?,14?,18?,19-;/m1./s1. The van der Waals surface area contributed by atoms with Gasteiger partial charge in [-0.05, 0) is 61.1 Å². The molecule has 3 N–H and O–H groups in total. The van der Waals surface area contributed by atoms with Crippen LogP contribution >= 0.6 is 0 Å². The number of carboxylic acids is 1. The second kappa shape index (κ2) is 9.51. The second-order valence-corrected chi connectivity index (χ2v) is 8.43. The Morgan fingerprint density at radius 2 is 1.91 bits per heavy atom. The van der Waals surface area contributed by atoms with Crippen LogP contribution in [0.25, 0.3) is 10.9 Å². The Labute approximate surface area is 187 Å². The molecule has 0 spiro atoms. The summed E-state index contributed by atoms with van der Waals surface area (Å²) in [5.74, 6) is -0.0465. The third-order valence-electron chi connectivity index (χ3n) is 6.65. The van der Waals surface area contributed by atoms with E-state index in [1.54, 1.807) is 12.1 Å². The molecule has 3 saturated heterocycles. The van der Waals surface area contributed by atoms with Gasteiger partial charge < -0.3 is 15.3 Å². The number of hydrogen-bond acceptors (Lipinski definition) is 5. The SMILES string of the molecule is C=CC1CN2CCC1CC2[C@H](O)c1ccnc2ccccc12.O=C(O)c1ccccc1O. The zero-order chi connectivity index (χ0) is 22.7. The molecule has 3 fully saturated rings. The first-order valence-electron chi connectivity index (χ1n) is 10.9. The number of aliphatic hydroxyl groups is 1. The van der Waals surface area contributed by atoms with Crippen LogP contribution in [0.1, 0.15) is 34.9 Å². The van der Waals surface area contributed by atoms with Crippen LogP contribution < -0.4 is 0 Å². The number of rotatable bonds is 4. The number of phenols is 1. The second-order valence-electron chi connectivity index (χ2n) is 8.43. The fraction of sp³-hybridized carbons (Fsp3) is 0.308. The van der Waals surface area contributed by atoms with Gasteiger partial charge in [0.2, 0.25) is 0 Å². The first-order chi connectivity index (χ1) is 15.5. The number of carbonyl (C=O) groups is 1. The molecule has 1 aromatic heterocycles. The molecule has 3 aromatic rings. The molecule has 4 unspecified atom stereocenters. The topological polar surface area (TPSA) is 93.9 Å². The number of aliphatic hydroxyl groups excluding tert-OH is 1. The monoisotopic (exact) mass is 432 g/mol. The minimum Gasteiger partial charge on any atom is -0.507 e. The molecular weight excluding hydrogens is 404 g/mol. The molecule has 3 aliphatic rings. The minimum atomic E-state index is -1.11. The molecule has 32 heavy (non-hydrogen) atoms. The average molecular weight is 433 g/mol. The van der Waals surface area contributed by atoms with Gasteiger partial charge in [-0.1, -0.05) is 36.4 Å². The van der Waals surface area contributed by atoms with Crippen molar-refractivity contribution in [2.45, 2.75) is 25.0 Å². The molecule has 2 bridgehead atoms. The Bertz CT molecular complexity index is 1110. The maximum absolute atomic E-state index is 11.0. The number of carboxylic acid groups (broad SMARTS) is 1. The highest BCUT2D eigenvalue weighted by Gasteiger charge is 2.42. The molecule has 0 aliphatic carbocycles. The zero-order valence-electron chi connectivity index (χ0n) is 17.8. The van der Waals surface area contributed by atoms with E-state index >= 15 is 0 Å². The Hall–Kier alpha value is -3.22. The molecule has 5 atom stereocenters. The average Bonchev–Trinajstić information content (AvgIpc) is 2.84. The van der Waals surface area contributed by atoms with E-state index in [2.05, 4.69) is 28.6 Å². The summed E-state index contributed by atoms with van der Waals surface area (Å²) in [5.41, 5.74) is 1.90. The third-order valence-corrected chi connectivity index (χ3v) is 6.65. The van der Waals surface area contributed by atoms with Crippen molar-refractivity contribution in [1.29, 1.82) is 0 Å². The van der Waals surface area contributed by atoms with Crippen molar-refractivity contribution in [2.24, 2.45) is 11.8 Å². The lowest BCUT2D eigenvalue weighted by molar-refractivity contribution is -0.0444. The maximum atomic E-state index is 11.0. The molecule has 0 saturated carbocycles. The van der Waals surface area contributed by atoms with E-state index < -0.39 is 12.1 Å². The van der Waals surface area contributed by atoms with Crippen molar-refractivity contribution in [2.75, 3.05) is 13.1 Å². The molecule has 0 radical (unpaired) electrons. The normalized spacial score (nSPS) is 24.9. The molecule has 4 heterocycles. The van der Waals surface area contributed by atoms with Gasteiger partial charge in [0.15, 0.2) is 0 Å². The van der Waals surface area contributed by atoms with Gasteiger partial charge in [-0.2, -0.15) is 0 Å². The van der Waals surface area contributed by atoms with Crippen molar-refractivity contribution in [3.8, 4) is 5.75 Å². The van der Waals surface area contributed by atoms with Gasteiger partial charge >= 0.3 is 5.97 Å². The molecule has 3 aliphatic heterocycles. The highest BCUT2D eigenvalue weighted by Crippen LogP contribution is 2.41. The van der Waals surface area contributed by atoms with Gasteiger partial charge in [0.05, 0.1) is 11.6 Å². The number of hydrogen-bond donors (Lipinski definition) is 3. The molecule has 166 valence electrons. The Morgan fingerprint density at radius 1 is 1.16 bits per heavy atom. The molecule has 0 amide bonds. The summed E-state index contributed by atoms with van der Waals surface area (Å²) in [5, 5.41) is 29.4. The van der Waals surface area contributed by atoms with Crippen LogP contribution in [0.15, 0.2) is 73.4 Å². The first-order valence-corrected chi connectivity index (χ1v) is 10.9. The minimum absolute atomic E-state index is 0.0671. The molecule has 6 heteroatoms. The van der Waals surface area contributed by atoms with Crippen molar-refractivity contribution >= 4 is 16.9 Å². The predicted molar refractivity (Wildman–Crippen MR) is 124 cm³/mol. The number of fused-ring (bicyclic) bond motifs is 4. The predicted octanol–water partition coefficient (Wildman–Crippen LogP) is 4.26. The quantitative estimate of drug-likeness (QED) is 0.534. The van der Waals surface area contributed by atoms with E-state index in [0.29, 0.717) is 11.8 Å². The maximum Gasteiger partial charge on any atom is 0.339 e. The lowest BCUT2D eigenvalue weighted by Gasteiger charge is -2.50. The zero-order valence-corrected chi connectivity index (χ0v) is 17.8. The number of benzene rings is 2. The molecule has 6 rings (SSSR count). The van der Waals surface area contributed by atoms with Gasteiger partial charge in [-0.15, -0.1) is 6.58 Å². The number of aromatic hydroxyl groups is 1. The van der Waals surface area contributed by atoms with Crippen molar-refractivity contribution in [3.63, 3.8) is 0 Å². The van der Waals surface area contributed by atoms with Crippen LogP contribution in [0.5, 0.6) is 5.75 Å². The van der Waals surface area contributed by atoms with Gasteiger partial charge in [0, 0.05) is 24.2 Å². The fourth-order valence-corrected chi connectivity index (χ4v) is 4.94. The summed E-state index contributed by atoms with van der Waals surface area (Å²) in [6, 6.07) is 16.1. The van der Waals surface area contributed by atoms with Crippen molar-refractivity contribution in [1.82, 2.24) is 9.88 Å². The Morgan fingerprint density at radius 3 is 2.56 bits per heavy atom. The van der Waals surface area contributed by atoms with E-state index in [4.69, 9.17) is 10.2 Å². The highest BCUT2D eigenvalue weighted by molar-refractivity contribution is 5.90. The summed E-state index contributed by atoms with van der Waals surface area (Å²) in [4.78, 5) is 17.1. The van der Waals surface area contributed by atoms with E-state index in [1.807, 2.05) is 30.5 Å². The number of piperidine rings is 3. The van der Waals surface area contributed by atoms with Crippen molar-refractivity contribution < 1.29 is 20.1 Å². The van der Waals surface area contributed by atoms with Crippen LogP contribution in [0.2, 0.25) is 0 Å².